The molecule has 0 aliphatic rings. The highest BCUT2D eigenvalue weighted by atomic mass is 79.9. The average Bonchev–Trinajstić information content (AvgIpc) is 3.11. The Labute approximate surface area is 153 Å². The Morgan fingerprint density at radius 1 is 1.24 bits per heavy atom. The number of H-pyrrole nitrogens is 1. The van der Waals surface area contributed by atoms with E-state index in [1.807, 2.05) is 24.3 Å². The molecule has 0 aliphatic heterocycles. The van der Waals surface area contributed by atoms with Crippen molar-refractivity contribution in [2.45, 2.75) is 6.42 Å². The molecule has 25 heavy (non-hydrogen) atoms. The first-order chi connectivity index (χ1) is 12.1. The molecule has 1 aromatic heterocycles. The molecule has 0 radical (unpaired) electrons. The highest BCUT2D eigenvalue weighted by molar-refractivity contribution is 9.10. The van der Waals surface area contributed by atoms with E-state index in [-0.39, 0.29) is 5.91 Å². The van der Waals surface area contributed by atoms with Crippen LogP contribution in [0, 0.1) is 0 Å². The van der Waals surface area contributed by atoms with Gasteiger partial charge >= 0.3 is 0 Å². The highest BCUT2D eigenvalue weighted by Crippen LogP contribution is 2.33. The maximum absolute atomic E-state index is 12.4. The summed E-state index contributed by atoms with van der Waals surface area (Å²) in [5, 5.41) is 10.7. The van der Waals surface area contributed by atoms with Gasteiger partial charge in [-0.25, -0.2) is 0 Å². The van der Waals surface area contributed by atoms with E-state index in [1.165, 1.54) is 0 Å². The molecule has 0 spiro atoms. The number of nitrogens with one attached hydrogen (secondary N) is 2. The topological polar surface area (TPSA) is 76.2 Å². The van der Waals surface area contributed by atoms with Crippen LogP contribution in [0.25, 0.3) is 10.9 Å². The number of halogens is 1. The Balaban J connectivity index is 1.69. The molecule has 1 amide bonds. The number of aromatic amines is 1. The molecule has 0 unspecified atom stereocenters. The van der Waals surface area contributed by atoms with Crippen LogP contribution in [0.4, 0.5) is 0 Å². The maximum Gasteiger partial charge on any atom is 0.253 e. The number of fused-ring (bicyclic) bond motifs is 1. The third kappa shape index (κ3) is 3.61. The van der Waals surface area contributed by atoms with Crippen LogP contribution in [0.2, 0.25) is 0 Å². The van der Waals surface area contributed by atoms with Crippen molar-refractivity contribution >= 4 is 32.7 Å². The zero-order valence-electron chi connectivity index (χ0n) is 13.9. The van der Waals surface area contributed by atoms with Gasteiger partial charge in [0.1, 0.15) is 0 Å². The summed E-state index contributed by atoms with van der Waals surface area (Å²) in [6.45, 7) is 0.497. The Hall–Kier alpha value is -2.54. The van der Waals surface area contributed by atoms with Gasteiger partial charge in [0, 0.05) is 16.4 Å². The predicted molar refractivity (Wildman–Crippen MR) is 99.4 cm³/mol. The second kappa shape index (κ2) is 7.57. The minimum atomic E-state index is -0.133. The fourth-order valence-corrected chi connectivity index (χ4v) is 3.17. The second-order valence-corrected chi connectivity index (χ2v) is 6.30. The molecule has 130 valence electrons. The Kier molecular flexibility index (Phi) is 5.23. The fourth-order valence-electron chi connectivity index (χ4n) is 2.65. The molecule has 0 aliphatic carbocycles. The number of hydrogen-bond donors (Lipinski definition) is 2. The van der Waals surface area contributed by atoms with Gasteiger partial charge < -0.3 is 14.8 Å². The molecule has 0 saturated carbocycles. The average molecular weight is 404 g/mol. The largest absolute Gasteiger partial charge is 0.493 e. The van der Waals surface area contributed by atoms with E-state index in [2.05, 4.69) is 31.4 Å². The van der Waals surface area contributed by atoms with Crippen LogP contribution >= 0.6 is 15.9 Å². The number of benzene rings is 2. The van der Waals surface area contributed by atoms with Gasteiger partial charge in [-0.2, -0.15) is 5.10 Å². The summed E-state index contributed by atoms with van der Waals surface area (Å²) in [6, 6.07) is 9.31. The lowest BCUT2D eigenvalue weighted by atomic mass is 10.1. The van der Waals surface area contributed by atoms with E-state index in [0.717, 1.165) is 20.9 Å². The van der Waals surface area contributed by atoms with Crippen LogP contribution in [-0.2, 0) is 6.42 Å². The molecule has 0 atom stereocenters. The normalized spacial score (nSPS) is 10.7. The first-order valence-electron chi connectivity index (χ1n) is 7.74. The highest BCUT2D eigenvalue weighted by Gasteiger charge is 2.12. The van der Waals surface area contributed by atoms with E-state index in [4.69, 9.17) is 9.47 Å². The first kappa shape index (κ1) is 17.3. The first-order valence-corrected chi connectivity index (χ1v) is 8.54. The minimum absolute atomic E-state index is 0.133. The van der Waals surface area contributed by atoms with Gasteiger partial charge in [0.2, 0.25) is 0 Å². The number of amides is 1. The van der Waals surface area contributed by atoms with Crippen molar-refractivity contribution in [1.29, 1.82) is 0 Å². The number of aromatic nitrogens is 2. The summed E-state index contributed by atoms with van der Waals surface area (Å²) < 4.78 is 11.5. The van der Waals surface area contributed by atoms with Crippen molar-refractivity contribution in [2.24, 2.45) is 0 Å². The van der Waals surface area contributed by atoms with E-state index in [0.29, 0.717) is 30.0 Å². The standard InChI is InChI=1S/C18H18BrN3O3/c1-24-15-8-11(14(19)9-16(15)25-2)6-7-20-18(23)13-5-3-4-12-10-21-22-17(12)13/h3-5,8-10H,6-7H2,1-2H3,(H,20,23)(H,21,22). The molecule has 3 aromatic rings. The maximum atomic E-state index is 12.4. The monoisotopic (exact) mass is 403 g/mol. The molecule has 2 aromatic carbocycles. The van der Waals surface area contributed by atoms with Gasteiger partial charge in [0.15, 0.2) is 11.5 Å². The van der Waals surface area contributed by atoms with Crippen LogP contribution in [0.1, 0.15) is 15.9 Å². The van der Waals surface area contributed by atoms with Gasteiger partial charge in [0.05, 0.1) is 31.5 Å². The lowest BCUT2D eigenvalue weighted by Crippen LogP contribution is -2.26. The molecule has 0 bridgehead atoms. The van der Waals surface area contributed by atoms with E-state index in [9.17, 15) is 4.79 Å². The Morgan fingerprint density at radius 2 is 2.00 bits per heavy atom. The second-order valence-electron chi connectivity index (χ2n) is 5.44. The number of carbonyl (C=O) groups excluding carboxylic acids is 1. The number of nitrogens with zero attached hydrogens (tertiary/aromatic N) is 1. The number of para-hydroxylation sites is 1. The van der Waals surface area contributed by atoms with Crippen LogP contribution in [0.3, 0.4) is 0 Å². The fraction of sp³-hybridized carbons (Fsp3) is 0.222. The Morgan fingerprint density at radius 3 is 2.76 bits per heavy atom. The van der Waals surface area contributed by atoms with E-state index >= 15 is 0 Å². The van der Waals surface area contributed by atoms with Gasteiger partial charge in [-0.1, -0.05) is 28.1 Å². The molecule has 7 heteroatoms. The summed E-state index contributed by atoms with van der Waals surface area (Å²) in [5.74, 6) is 1.19. The van der Waals surface area contributed by atoms with Crippen LogP contribution in [-0.4, -0.2) is 36.9 Å². The lowest BCUT2D eigenvalue weighted by molar-refractivity contribution is 0.0955. The van der Waals surface area contributed by atoms with Gasteiger partial charge in [0.25, 0.3) is 5.91 Å². The smallest absolute Gasteiger partial charge is 0.253 e. The third-order valence-corrected chi connectivity index (χ3v) is 4.69. The van der Waals surface area contributed by atoms with Crippen molar-refractivity contribution in [1.82, 2.24) is 15.5 Å². The molecule has 0 fully saturated rings. The molecule has 6 nitrogen and oxygen atoms in total. The van der Waals surface area contributed by atoms with Crippen molar-refractivity contribution < 1.29 is 14.3 Å². The minimum Gasteiger partial charge on any atom is -0.493 e. The molecule has 1 heterocycles. The van der Waals surface area contributed by atoms with Gasteiger partial charge in [-0.15, -0.1) is 0 Å². The molecule has 3 rings (SSSR count). The predicted octanol–water partition coefficient (Wildman–Crippen LogP) is 3.32. The summed E-state index contributed by atoms with van der Waals surface area (Å²) in [4.78, 5) is 12.4. The number of hydrogen-bond acceptors (Lipinski definition) is 4. The van der Waals surface area contributed by atoms with Gasteiger partial charge in [-0.3, -0.25) is 9.89 Å². The number of rotatable bonds is 6. The van der Waals surface area contributed by atoms with Crippen molar-refractivity contribution in [3.8, 4) is 11.5 Å². The van der Waals surface area contributed by atoms with Crippen molar-refractivity contribution in [2.75, 3.05) is 20.8 Å². The van der Waals surface area contributed by atoms with Gasteiger partial charge in [-0.05, 0) is 30.2 Å². The summed E-state index contributed by atoms with van der Waals surface area (Å²) >= 11 is 3.53. The molecular weight excluding hydrogens is 386 g/mol. The van der Waals surface area contributed by atoms with Crippen LogP contribution in [0.5, 0.6) is 11.5 Å². The van der Waals surface area contributed by atoms with Crippen LogP contribution < -0.4 is 14.8 Å². The molecular formula is C18H18BrN3O3. The Bertz CT molecular complexity index is 908. The van der Waals surface area contributed by atoms with E-state index in [1.54, 1.807) is 26.5 Å². The lowest BCUT2D eigenvalue weighted by Gasteiger charge is -2.12. The van der Waals surface area contributed by atoms with E-state index < -0.39 is 0 Å². The SMILES string of the molecule is COc1cc(Br)c(CCNC(=O)c2cccc3cn[nH]c23)cc1OC. The van der Waals surface area contributed by atoms with Crippen LogP contribution in [0.15, 0.2) is 41.0 Å². The zero-order chi connectivity index (χ0) is 17.8. The number of ether oxygens (including phenoxy) is 2. The quantitative estimate of drug-likeness (QED) is 0.661. The summed E-state index contributed by atoms with van der Waals surface area (Å²) in [7, 11) is 3.20. The van der Waals surface area contributed by atoms with Crippen molar-refractivity contribution in [3.05, 3.63) is 52.1 Å². The summed E-state index contributed by atoms with van der Waals surface area (Å²) in [6.07, 6.45) is 2.36. The number of methoxy groups -OCH3 is 2. The molecule has 2 N–H and O–H groups in total. The molecule has 0 saturated heterocycles. The summed E-state index contributed by atoms with van der Waals surface area (Å²) in [5.41, 5.74) is 2.35. The zero-order valence-corrected chi connectivity index (χ0v) is 15.5. The number of carbonyl (C=O) groups is 1. The van der Waals surface area contributed by atoms with Crippen molar-refractivity contribution in [3.63, 3.8) is 0 Å². The third-order valence-electron chi connectivity index (χ3n) is 3.95.